The summed E-state index contributed by atoms with van der Waals surface area (Å²) in [5, 5.41) is 11.4. The van der Waals surface area contributed by atoms with Gasteiger partial charge >= 0.3 is 0 Å². The van der Waals surface area contributed by atoms with Crippen molar-refractivity contribution in [3.8, 4) is 11.5 Å². The molecule has 7 heteroatoms. The number of likely N-dealkylation sites (tertiary alicyclic amines) is 1. The van der Waals surface area contributed by atoms with Crippen molar-refractivity contribution in [3.63, 3.8) is 0 Å². The number of carbonyl (C=O) groups is 2. The second kappa shape index (κ2) is 12.6. The zero-order valence-corrected chi connectivity index (χ0v) is 23.0. The molecule has 0 bridgehead atoms. The van der Waals surface area contributed by atoms with Crippen molar-refractivity contribution in [2.24, 2.45) is 0 Å². The Balaban J connectivity index is 1.70. The minimum atomic E-state index is -0.717. The van der Waals surface area contributed by atoms with Crippen LogP contribution in [-0.4, -0.2) is 59.9 Å². The van der Waals surface area contributed by atoms with E-state index in [1.165, 1.54) is 0 Å². The lowest BCUT2D eigenvalue weighted by atomic mass is 9.94. The highest BCUT2D eigenvalue weighted by molar-refractivity contribution is 6.46. The average Bonchev–Trinajstić information content (AvgIpc) is 3.22. The van der Waals surface area contributed by atoms with Gasteiger partial charge < -0.3 is 24.4 Å². The zero-order chi connectivity index (χ0) is 27.9. The molecule has 1 atom stereocenters. The van der Waals surface area contributed by atoms with Crippen LogP contribution >= 0.6 is 0 Å². The molecule has 7 nitrogen and oxygen atoms in total. The number of benzene rings is 3. The largest absolute Gasteiger partial charge is 0.507 e. The lowest BCUT2D eigenvalue weighted by molar-refractivity contribution is -0.140. The molecule has 1 N–H and O–H groups in total. The zero-order valence-electron chi connectivity index (χ0n) is 23.0. The molecule has 1 heterocycles. The summed E-state index contributed by atoms with van der Waals surface area (Å²) >= 11 is 0. The minimum Gasteiger partial charge on any atom is -0.507 e. The Kier molecular flexibility index (Phi) is 9.04. The van der Waals surface area contributed by atoms with Gasteiger partial charge in [0.15, 0.2) is 0 Å². The fourth-order valence-corrected chi connectivity index (χ4v) is 4.91. The van der Waals surface area contributed by atoms with Crippen LogP contribution in [0.1, 0.15) is 42.1 Å². The van der Waals surface area contributed by atoms with Crippen molar-refractivity contribution >= 4 is 17.4 Å². The molecule has 3 aromatic rings. The summed E-state index contributed by atoms with van der Waals surface area (Å²) in [6.45, 7) is 9.08. The van der Waals surface area contributed by atoms with Crippen molar-refractivity contribution in [3.05, 3.63) is 101 Å². The van der Waals surface area contributed by atoms with E-state index < -0.39 is 17.7 Å². The van der Waals surface area contributed by atoms with Crippen LogP contribution in [0.5, 0.6) is 11.5 Å². The first-order valence-electron chi connectivity index (χ1n) is 13.3. The van der Waals surface area contributed by atoms with Crippen LogP contribution in [0.3, 0.4) is 0 Å². The Morgan fingerprint density at radius 3 is 2.28 bits per heavy atom. The molecular weight excluding hydrogens is 492 g/mol. The number of aliphatic hydroxyl groups excluding tert-OH is 1. The van der Waals surface area contributed by atoms with E-state index in [4.69, 9.17) is 9.47 Å². The number of methoxy groups -OCH3 is 1. The molecule has 1 aliphatic rings. The van der Waals surface area contributed by atoms with Gasteiger partial charge in [0, 0.05) is 18.7 Å². The first-order chi connectivity index (χ1) is 18.9. The Labute approximate surface area is 230 Å². The maximum absolute atomic E-state index is 13.4. The first-order valence-corrected chi connectivity index (χ1v) is 13.3. The van der Waals surface area contributed by atoms with Gasteiger partial charge in [-0.2, -0.15) is 0 Å². The number of aryl methyl sites for hydroxylation is 1. The predicted octanol–water partition coefficient (Wildman–Crippen LogP) is 5.35. The Bertz CT molecular complexity index is 1330. The number of ether oxygens (including phenoxy) is 2. The fraction of sp³-hybridized carbons (Fsp3) is 0.312. The van der Waals surface area contributed by atoms with Crippen LogP contribution in [-0.2, 0) is 16.2 Å². The molecule has 0 saturated carbocycles. The highest BCUT2D eigenvalue weighted by atomic mass is 16.5. The third kappa shape index (κ3) is 6.15. The van der Waals surface area contributed by atoms with E-state index in [-0.39, 0.29) is 11.3 Å². The van der Waals surface area contributed by atoms with Crippen LogP contribution in [0.2, 0.25) is 0 Å². The molecule has 0 radical (unpaired) electrons. The van der Waals surface area contributed by atoms with E-state index in [9.17, 15) is 14.7 Å². The number of rotatable bonds is 11. The second-order valence-corrected chi connectivity index (χ2v) is 9.55. The van der Waals surface area contributed by atoms with Crippen LogP contribution in [0.25, 0.3) is 5.76 Å². The van der Waals surface area contributed by atoms with E-state index in [2.05, 4.69) is 18.7 Å². The fourth-order valence-electron chi connectivity index (χ4n) is 4.91. The number of aliphatic hydroxyl groups is 1. The van der Waals surface area contributed by atoms with Gasteiger partial charge in [-0.25, -0.2) is 0 Å². The summed E-state index contributed by atoms with van der Waals surface area (Å²) in [4.78, 5) is 30.4. The summed E-state index contributed by atoms with van der Waals surface area (Å²) in [5.41, 5.74) is 3.15. The molecule has 0 aliphatic carbocycles. The number of carbonyl (C=O) groups excluding carboxylic acids is 2. The Morgan fingerprint density at radius 2 is 1.67 bits per heavy atom. The van der Waals surface area contributed by atoms with Crippen molar-refractivity contribution in [1.82, 2.24) is 9.80 Å². The van der Waals surface area contributed by atoms with E-state index in [0.29, 0.717) is 36.8 Å². The van der Waals surface area contributed by atoms with Crippen molar-refractivity contribution in [1.29, 1.82) is 0 Å². The number of likely N-dealkylation sites (N-methyl/N-ethyl adjacent to an activating group) is 1. The molecule has 1 unspecified atom stereocenters. The van der Waals surface area contributed by atoms with E-state index in [1.54, 1.807) is 30.2 Å². The van der Waals surface area contributed by atoms with Crippen molar-refractivity contribution in [2.75, 3.05) is 33.3 Å². The maximum Gasteiger partial charge on any atom is 0.295 e. The summed E-state index contributed by atoms with van der Waals surface area (Å²) in [6.07, 6.45) is 0. The normalized spacial score (nSPS) is 16.6. The highest BCUT2D eigenvalue weighted by Crippen LogP contribution is 2.40. The number of Topliss-reactive ketones (excluding diaryl/α,β-unsaturated/α-hetero) is 1. The Morgan fingerprint density at radius 1 is 0.974 bits per heavy atom. The third-order valence-corrected chi connectivity index (χ3v) is 7.20. The lowest BCUT2D eigenvalue weighted by Gasteiger charge is -2.28. The molecule has 4 rings (SSSR count). The molecule has 39 heavy (non-hydrogen) atoms. The molecule has 0 aromatic heterocycles. The number of nitrogens with zero attached hydrogens (tertiary/aromatic N) is 2. The molecule has 0 spiro atoms. The van der Waals surface area contributed by atoms with E-state index in [0.717, 1.165) is 29.8 Å². The maximum atomic E-state index is 13.4. The van der Waals surface area contributed by atoms with Crippen molar-refractivity contribution < 1.29 is 24.2 Å². The van der Waals surface area contributed by atoms with Gasteiger partial charge in [-0.3, -0.25) is 9.59 Å². The minimum absolute atomic E-state index is 0.0852. The number of amides is 1. The number of hydrogen-bond donors (Lipinski definition) is 1. The molecule has 1 fully saturated rings. The monoisotopic (exact) mass is 528 g/mol. The summed E-state index contributed by atoms with van der Waals surface area (Å²) < 4.78 is 11.3. The van der Waals surface area contributed by atoms with Gasteiger partial charge in [-0.1, -0.05) is 56.3 Å². The van der Waals surface area contributed by atoms with Crippen LogP contribution < -0.4 is 9.47 Å². The summed E-state index contributed by atoms with van der Waals surface area (Å²) in [5.74, 6) is -0.139. The Hall–Kier alpha value is -4.10. The quantitative estimate of drug-likeness (QED) is 0.205. The first kappa shape index (κ1) is 27.9. The van der Waals surface area contributed by atoms with Gasteiger partial charge in [0.25, 0.3) is 11.7 Å². The molecular formula is C32H36N2O5. The van der Waals surface area contributed by atoms with E-state index in [1.807, 2.05) is 61.5 Å². The average molecular weight is 529 g/mol. The topological polar surface area (TPSA) is 79.3 Å². The molecule has 3 aromatic carbocycles. The van der Waals surface area contributed by atoms with Crippen LogP contribution in [0.4, 0.5) is 0 Å². The standard InChI is InChI=1S/C32H36N2O5/c1-5-33(6-2)18-19-34-29(24-12-15-26(16-13-24)39-21-23-10-8-7-9-11-23)28(31(36)32(34)37)30(35)25-14-17-27(38-4)22(3)20-25/h7-17,20,29,35H,5-6,18-19,21H2,1-4H3/b30-28+. The molecule has 204 valence electrons. The van der Waals surface area contributed by atoms with Gasteiger partial charge in [-0.05, 0) is 67.0 Å². The molecule has 1 amide bonds. The predicted molar refractivity (Wildman–Crippen MR) is 152 cm³/mol. The molecule has 1 aliphatic heterocycles. The van der Waals surface area contributed by atoms with Crippen molar-refractivity contribution in [2.45, 2.75) is 33.4 Å². The highest BCUT2D eigenvalue weighted by Gasteiger charge is 2.46. The van der Waals surface area contributed by atoms with Crippen LogP contribution in [0, 0.1) is 6.92 Å². The van der Waals surface area contributed by atoms with Gasteiger partial charge in [0.2, 0.25) is 0 Å². The van der Waals surface area contributed by atoms with Gasteiger partial charge in [0.1, 0.15) is 23.9 Å². The second-order valence-electron chi connectivity index (χ2n) is 9.55. The van der Waals surface area contributed by atoms with Crippen LogP contribution in [0.15, 0.2) is 78.4 Å². The number of hydrogen-bond acceptors (Lipinski definition) is 6. The SMILES string of the molecule is CCN(CC)CCN1C(=O)C(=O)/C(=C(/O)c2ccc(OC)c(C)c2)C1c1ccc(OCc2ccccc2)cc1. The number of ketones is 1. The smallest absolute Gasteiger partial charge is 0.295 e. The van der Waals surface area contributed by atoms with Gasteiger partial charge in [-0.15, -0.1) is 0 Å². The van der Waals surface area contributed by atoms with Gasteiger partial charge in [0.05, 0.1) is 18.7 Å². The summed E-state index contributed by atoms with van der Waals surface area (Å²) in [7, 11) is 1.58. The van der Waals surface area contributed by atoms with E-state index >= 15 is 0 Å². The third-order valence-electron chi connectivity index (χ3n) is 7.20. The summed E-state index contributed by atoms with van der Waals surface area (Å²) in [6, 6.07) is 21.8. The molecule has 1 saturated heterocycles. The lowest BCUT2D eigenvalue weighted by Crippen LogP contribution is -2.38.